The van der Waals surface area contributed by atoms with Gasteiger partial charge in [-0.1, -0.05) is 44.2 Å². The van der Waals surface area contributed by atoms with E-state index in [4.69, 9.17) is 9.47 Å². The van der Waals surface area contributed by atoms with E-state index in [-0.39, 0.29) is 17.7 Å². The summed E-state index contributed by atoms with van der Waals surface area (Å²) in [5.41, 5.74) is 1.72. The molecule has 1 aliphatic rings. The largest absolute Gasteiger partial charge is 0.497 e. The number of carbonyl (C=O) groups excluding carboxylic acids is 2. The molecule has 0 bridgehead atoms. The fourth-order valence-corrected chi connectivity index (χ4v) is 4.16. The summed E-state index contributed by atoms with van der Waals surface area (Å²) in [5, 5.41) is 5.88. The first-order chi connectivity index (χ1) is 16.9. The zero-order valence-electron chi connectivity index (χ0n) is 21.3. The first-order valence-corrected chi connectivity index (χ1v) is 12.2. The number of nitrogens with zero attached hydrogens (tertiary/aromatic N) is 2. The second-order valence-corrected chi connectivity index (χ2v) is 9.19. The van der Waals surface area contributed by atoms with Crippen LogP contribution in [0.5, 0.6) is 11.5 Å². The molecule has 8 nitrogen and oxygen atoms in total. The van der Waals surface area contributed by atoms with Gasteiger partial charge in [-0.25, -0.2) is 0 Å². The average Bonchev–Trinajstić information content (AvgIpc) is 2.88. The van der Waals surface area contributed by atoms with Gasteiger partial charge in [0, 0.05) is 57.4 Å². The second-order valence-electron chi connectivity index (χ2n) is 9.19. The van der Waals surface area contributed by atoms with Crippen LogP contribution in [-0.2, 0) is 11.3 Å². The molecule has 0 radical (unpaired) electrons. The van der Waals surface area contributed by atoms with Crippen LogP contribution in [0.4, 0.5) is 0 Å². The zero-order valence-corrected chi connectivity index (χ0v) is 21.3. The fraction of sp³-hybridized carbons (Fsp3) is 0.481. The zero-order chi connectivity index (χ0) is 25.2. The molecule has 0 aromatic heterocycles. The van der Waals surface area contributed by atoms with Crippen molar-refractivity contribution in [2.45, 2.75) is 26.4 Å². The third-order valence-electron chi connectivity index (χ3n) is 6.29. The molecule has 2 aromatic rings. The molecule has 1 atom stereocenters. The highest BCUT2D eigenvalue weighted by Gasteiger charge is 2.25. The highest BCUT2D eigenvalue weighted by atomic mass is 16.5. The Hall–Kier alpha value is -3.10. The Bertz CT molecular complexity index is 937. The first-order valence-electron chi connectivity index (χ1n) is 12.2. The highest BCUT2D eigenvalue weighted by Crippen LogP contribution is 2.22. The van der Waals surface area contributed by atoms with Gasteiger partial charge in [0.05, 0.1) is 14.2 Å². The molecule has 0 spiro atoms. The number of amides is 2. The Balaban J connectivity index is 1.45. The highest BCUT2D eigenvalue weighted by molar-refractivity contribution is 5.98. The van der Waals surface area contributed by atoms with Gasteiger partial charge in [0.2, 0.25) is 5.91 Å². The number of nitrogens with one attached hydrogen (secondary N) is 2. The monoisotopic (exact) mass is 482 g/mol. The van der Waals surface area contributed by atoms with E-state index in [1.54, 1.807) is 18.2 Å². The van der Waals surface area contributed by atoms with E-state index in [1.165, 1.54) is 19.8 Å². The van der Waals surface area contributed by atoms with E-state index in [0.717, 1.165) is 39.3 Å². The molecule has 1 fully saturated rings. The van der Waals surface area contributed by atoms with Crippen molar-refractivity contribution in [3.05, 3.63) is 59.7 Å². The van der Waals surface area contributed by atoms with Crippen molar-refractivity contribution in [3.63, 3.8) is 0 Å². The average molecular weight is 483 g/mol. The maximum Gasteiger partial charge on any atom is 0.252 e. The van der Waals surface area contributed by atoms with Gasteiger partial charge in [-0.3, -0.25) is 19.4 Å². The molecule has 0 aliphatic carbocycles. The van der Waals surface area contributed by atoms with Crippen LogP contribution in [0.2, 0.25) is 0 Å². The van der Waals surface area contributed by atoms with Gasteiger partial charge in [-0.2, -0.15) is 0 Å². The Morgan fingerprint density at radius 2 is 1.51 bits per heavy atom. The summed E-state index contributed by atoms with van der Waals surface area (Å²) in [6, 6.07) is 14.8. The number of rotatable bonds is 11. The number of benzene rings is 2. The van der Waals surface area contributed by atoms with Crippen LogP contribution in [0, 0.1) is 5.92 Å². The number of methoxy groups -OCH3 is 2. The van der Waals surface area contributed by atoms with Gasteiger partial charge in [0.25, 0.3) is 5.91 Å². The predicted molar refractivity (Wildman–Crippen MR) is 137 cm³/mol. The molecule has 1 unspecified atom stereocenters. The summed E-state index contributed by atoms with van der Waals surface area (Å²) in [6.45, 7) is 10.1. The maximum absolute atomic E-state index is 12.9. The minimum atomic E-state index is -0.637. The van der Waals surface area contributed by atoms with Crippen LogP contribution in [-0.4, -0.2) is 81.1 Å². The van der Waals surface area contributed by atoms with Crippen LogP contribution in [0.25, 0.3) is 0 Å². The molecule has 3 rings (SSSR count). The van der Waals surface area contributed by atoms with Crippen molar-refractivity contribution in [1.29, 1.82) is 0 Å². The SMILES string of the molecule is COc1cc(OC)cc(C(=O)NC(C(=O)NCCN2CCN(Cc3ccccc3)CC2)C(C)C)c1. The Morgan fingerprint density at radius 3 is 2.09 bits per heavy atom. The molecule has 8 heteroatoms. The maximum atomic E-state index is 12.9. The van der Waals surface area contributed by atoms with Gasteiger partial charge >= 0.3 is 0 Å². The van der Waals surface area contributed by atoms with E-state index in [9.17, 15) is 9.59 Å². The van der Waals surface area contributed by atoms with Crippen LogP contribution < -0.4 is 20.1 Å². The van der Waals surface area contributed by atoms with Crippen LogP contribution in [0.3, 0.4) is 0 Å². The quantitative estimate of drug-likeness (QED) is 0.512. The number of hydrogen-bond acceptors (Lipinski definition) is 6. The Labute approximate surface area is 208 Å². The van der Waals surface area contributed by atoms with Gasteiger partial charge < -0.3 is 20.1 Å². The van der Waals surface area contributed by atoms with Gasteiger partial charge in [0.15, 0.2) is 0 Å². The van der Waals surface area contributed by atoms with E-state index >= 15 is 0 Å². The van der Waals surface area contributed by atoms with Crippen LogP contribution in [0.15, 0.2) is 48.5 Å². The Morgan fingerprint density at radius 1 is 0.914 bits per heavy atom. The number of carbonyl (C=O) groups is 2. The smallest absolute Gasteiger partial charge is 0.252 e. The van der Waals surface area contributed by atoms with E-state index < -0.39 is 6.04 Å². The normalized spacial score (nSPS) is 15.5. The van der Waals surface area contributed by atoms with Crippen molar-refractivity contribution >= 4 is 11.8 Å². The summed E-state index contributed by atoms with van der Waals surface area (Å²) in [7, 11) is 3.06. The lowest BCUT2D eigenvalue weighted by Crippen LogP contribution is -2.52. The van der Waals surface area contributed by atoms with Crippen molar-refractivity contribution in [2.75, 3.05) is 53.5 Å². The summed E-state index contributed by atoms with van der Waals surface area (Å²) in [4.78, 5) is 30.6. The lowest BCUT2D eigenvalue weighted by molar-refractivity contribution is -0.124. The van der Waals surface area contributed by atoms with Gasteiger partial charge in [0.1, 0.15) is 17.5 Å². The van der Waals surface area contributed by atoms with E-state index in [1.807, 2.05) is 19.9 Å². The van der Waals surface area contributed by atoms with Crippen molar-refractivity contribution in [2.24, 2.45) is 5.92 Å². The molecular weight excluding hydrogens is 444 g/mol. The molecule has 2 N–H and O–H groups in total. The van der Waals surface area contributed by atoms with Gasteiger partial charge in [-0.15, -0.1) is 0 Å². The minimum Gasteiger partial charge on any atom is -0.497 e. The van der Waals surface area contributed by atoms with E-state index in [2.05, 4.69) is 44.7 Å². The van der Waals surface area contributed by atoms with Crippen molar-refractivity contribution in [1.82, 2.24) is 20.4 Å². The summed E-state index contributed by atoms with van der Waals surface area (Å²) in [5.74, 6) is 0.456. The van der Waals surface area contributed by atoms with E-state index in [0.29, 0.717) is 23.6 Å². The topological polar surface area (TPSA) is 83.1 Å². The lowest BCUT2D eigenvalue weighted by atomic mass is 10.0. The standard InChI is InChI=1S/C27H38N4O4/c1-20(2)25(29-26(32)22-16-23(34-3)18-24(17-22)35-4)27(33)28-10-11-30-12-14-31(15-13-30)19-21-8-6-5-7-9-21/h5-9,16-18,20,25H,10-15,19H2,1-4H3,(H,28,33)(H,29,32). The molecular formula is C27H38N4O4. The molecule has 35 heavy (non-hydrogen) atoms. The van der Waals surface area contributed by atoms with Crippen LogP contribution in [0.1, 0.15) is 29.8 Å². The molecule has 2 aromatic carbocycles. The lowest BCUT2D eigenvalue weighted by Gasteiger charge is -2.34. The fourth-order valence-electron chi connectivity index (χ4n) is 4.16. The number of piperazine rings is 1. The van der Waals surface area contributed by atoms with Crippen molar-refractivity contribution in [3.8, 4) is 11.5 Å². The first kappa shape index (κ1) is 26.5. The summed E-state index contributed by atoms with van der Waals surface area (Å²) in [6.07, 6.45) is 0. The Kier molecular flexibility index (Phi) is 9.93. The molecule has 0 saturated carbocycles. The molecule has 1 aliphatic heterocycles. The molecule has 1 heterocycles. The molecule has 190 valence electrons. The second kappa shape index (κ2) is 13.1. The number of ether oxygens (including phenoxy) is 2. The number of hydrogen-bond donors (Lipinski definition) is 2. The van der Waals surface area contributed by atoms with Crippen LogP contribution >= 0.6 is 0 Å². The van der Waals surface area contributed by atoms with Crippen molar-refractivity contribution < 1.29 is 19.1 Å². The molecule has 2 amide bonds. The predicted octanol–water partition coefficient (Wildman–Crippen LogP) is 2.39. The summed E-state index contributed by atoms with van der Waals surface area (Å²) < 4.78 is 10.5. The third kappa shape index (κ3) is 7.97. The van der Waals surface area contributed by atoms with Gasteiger partial charge in [-0.05, 0) is 23.6 Å². The third-order valence-corrected chi connectivity index (χ3v) is 6.29. The minimum absolute atomic E-state index is 0.0621. The summed E-state index contributed by atoms with van der Waals surface area (Å²) >= 11 is 0. The molecule has 1 saturated heterocycles.